The molecule has 3 rings (SSSR count). The van der Waals surface area contributed by atoms with Gasteiger partial charge in [-0.25, -0.2) is 4.79 Å². The Bertz CT molecular complexity index is 845. The number of carbonyl (C=O) groups is 1. The molecule has 26 heavy (non-hydrogen) atoms. The SMILES string of the molecule is COC(=O)c1cn(C2C=CC(O[Si](C)(C)C(C)(C)C)C2)c2ccccc12. The maximum atomic E-state index is 12.1. The van der Waals surface area contributed by atoms with Crippen LogP contribution in [0.1, 0.15) is 43.6 Å². The first kappa shape index (κ1) is 18.9. The molecule has 1 aromatic carbocycles. The number of allylic oxidation sites excluding steroid dienone is 1. The zero-order chi connectivity index (χ0) is 19.1. The number of carbonyl (C=O) groups excluding carboxylic acids is 1. The number of esters is 1. The van der Waals surface area contributed by atoms with Gasteiger partial charge in [0.05, 0.1) is 24.8 Å². The Labute approximate surface area is 156 Å². The van der Waals surface area contributed by atoms with Gasteiger partial charge in [0.2, 0.25) is 0 Å². The topological polar surface area (TPSA) is 40.5 Å². The van der Waals surface area contributed by atoms with Crippen LogP contribution < -0.4 is 0 Å². The van der Waals surface area contributed by atoms with Gasteiger partial charge in [-0.1, -0.05) is 51.1 Å². The minimum absolute atomic E-state index is 0.128. The molecule has 0 spiro atoms. The molecule has 0 amide bonds. The molecule has 1 aliphatic carbocycles. The van der Waals surface area contributed by atoms with Crippen LogP contribution in [0, 0.1) is 0 Å². The molecule has 5 heteroatoms. The van der Waals surface area contributed by atoms with Crippen LogP contribution >= 0.6 is 0 Å². The quantitative estimate of drug-likeness (QED) is 0.415. The number of nitrogens with zero attached hydrogens (tertiary/aromatic N) is 1. The summed E-state index contributed by atoms with van der Waals surface area (Å²) in [5.41, 5.74) is 1.67. The van der Waals surface area contributed by atoms with E-state index < -0.39 is 8.32 Å². The average Bonchev–Trinajstić information content (AvgIpc) is 3.17. The van der Waals surface area contributed by atoms with Crippen LogP contribution in [0.15, 0.2) is 42.6 Å². The van der Waals surface area contributed by atoms with Crippen LogP contribution in [0.25, 0.3) is 10.9 Å². The van der Waals surface area contributed by atoms with Gasteiger partial charge < -0.3 is 13.7 Å². The van der Waals surface area contributed by atoms with Gasteiger partial charge in [0.15, 0.2) is 8.32 Å². The lowest BCUT2D eigenvalue weighted by Gasteiger charge is -2.38. The van der Waals surface area contributed by atoms with Gasteiger partial charge in [-0.05, 0) is 24.2 Å². The van der Waals surface area contributed by atoms with E-state index in [1.807, 2.05) is 24.4 Å². The van der Waals surface area contributed by atoms with Gasteiger partial charge in [0, 0.05) is 23.5 Å². The number of ether oxygens (including phenoxy) is 1. The molecular weight excluding hydrogens is 342 g/mol. The van der Waals surface area contributed by atoms with E-state index >= 15 is 0 Å². The van der Waals surface area contributed by atoms with E-state index in [2.05, 4.69) is 56.7 Å². The van der Waals surface area contributed by atoms with Gasteiger partial charge in [-0.15, -0.1) is 0 Å². The Morgan fingerprint density at radius 2 is 1.88 bits per heavy atom. The minimum Gasteiger partial charge on any atom is -0.465 e. The van der Waals surface area contributed by atoms with E-state index in [-0.39, 0.29) is 23.2 Å². The van der Waals surface area contributed by atoms with Gasteiger partial charge in [0.1, 0.15) is 0 Å². The number of benzene rings is 1. The molecule has 0 bridgehead atoms. The van der Waals surface area contributed by atoms with Gasteiger partial charge in [-0.2, -0.15) is 0 Å². The molecule has 2 atom stereocenters. The molecule has 2 aromatic rings. The standard InChI is InChI=1S/C21H29NO3Si/c1-21(2,3)26(5,6)25-16-12-11-15(13-16)22-14-18(20(23)24-4)17-9-7-8-10-19(17)22/h7-12,14-16H,13H2,1-6H3. The van der Waals surface area contributed by atoms with Crippen LogP contribution in [0.4, 0.5) is 0 Å². The van der Waals surface area contributed by atoms with Crippen molar-refractivity contribution in [3.63, 3.8) is 0 Å². The van der Waals surface area contributed by atoms with E-state index in [1.165, 1.54) is 7.11 Å². The van der Waals surface area contributed by atoms with E-state index in [1.54, 1.807) is 0 Å². The molecule has 0 aliphatic heterocycles. The highest BCUT2D eigenvalue weighted by Crippen LogP contribution is 2.40. The molecule has 0 radical (unpaired) electrons. The average molecular weight is 372 g/mol. The third-order valence-electron chi connectivity index (χ3n) is 5.78. The number of hydrogen-bond acceptors (Lipinski definition) is 3. The molecule has 1 heterocycles. The number of methoxy groups -OCH3 is 1. The summed E-state index contributed by atoms with van der Waals surface area (Å²) in [6.45, 7) is 11.4. The smallest absolute Gasteiger partial charge is 0.340 e. The highest BCUT2D eigenvalue weighted by Gasteiger charge is 2.40. The normalized spacial score (nSPS) is 20.7. The number of aromatic nitrogens is 1. The summed E-state index contributed by atoms with van der Waals surface area (Å²) in [7, 11) is -0.384. The number of para-hydroxylation sites is 1. The van der Waals surface area contributed by atoms with Crippen LogP contribution in [-0.4, -0.2) is 32.1 Å². The molecular formula is C21H29NO3Si. The van der Waals surface area contributed by atoms with E-state index in [0.717, 1.165) is 17.3 Å². The molecule has 1 aliphatic rings. The fraction of sp³-hybridized carbons (Fsp3) is 0.476. The predicted octanol–water partition coefficient (Wildman–Crippen LogP) is 5.32. The first-order chi connectivity index (χ1) is 12.1. The zero-order valence-corrected chi connectivity index (χ0v) is 17.6. The van der Waals surface area contributed by atoms with E-state index in [4.69, 9.17) is 9.16 Å². The molecule has 0 saturated heterocycles. The Morgan fingerprint density at radius 1 is 1.19 bits per heavy atom. The third kappa shape index (κ3) is 3.38. The highest BCUT2D eigenvalue weighted by atomic mass is 28.4. The second-order valence-electron chi connectivity index (χ2n) is 8.56. The Hall–Kier alpha value is -1.85. The fourth-order valence-corrected chi connectivity index (χ4v) is 4.53. The van der Waals surface area contributed by atoms with Crippen LogP contribution in [-0.2, 0) is 9.16 Å². The third-order valence-corrected chi connectivity index (χ3v) is 10.3. The fourth-order valence-electron chi connectivity index (χ4n) is 3.25. The van der Waals surface area contributed by atoms with Crippen molar-refractivity contribution in [3.8, 4) is 0 Å². The van der Waals surface area contributed by atoms with Crippen molar-refractivity contribution >= 4 is 25.2 Å². The molecule has 2 unspecified atom stereocenters. The minimum atomic E-state index is -1.81. The molecule has 1 aromatic heterocycles. The van der Waals surface area contributed by atoms with E-state index in [9.17, 15) is 4.79 Å². The largest absolute Gasteiger partial charge is 0.465 e. The van der Waals surface area contributed by atoms with Crippen molar-refractivity contribution in [3.05, 3.63) is 48.2 Å². The summed E-state index contributed by atoms with van der Waals surface area (Å²) >= 11 is 0. The number of hydrogen-bond donors (Lipinski definition) is 0. The van der Waals surface area contributed by atoms with E-state index in [0.29, 0.717) is 5.56 Å². The lowest BCUT2D eigenvalue weighted by molar-refractivity contribution is 0.0602. The first-order valence-electron chi connectivity index (χ1n) is 9.18. The molecule has 0 saturated carbocycles. The van der Waals surface area contributed by atoms with Crippen molar-refractivity contribution in [1.29, 1.82) is 0 Å². The summed E-state index contributed by atoms with van der Waals surface area (Å²) in [6, 6.07) is 8.17. The monoisotopic (exact) mass is 371 g/mol. The summed E-state index contributed by atoms with van der Waals surface area (Å²) < 4.78 is 13.7. The molecule has 4 nitrogen and oxygen atoms in total. The predicted molar refractivity (Wildman–Crippen MR) is 108 cm³/mol. The second kappa shape index (κ2) is 6.71. The van der Waals surface area contributed by atoms with Crippen molar-refractivity contribution in [2.24, 2.45) is 0 Å². The zero-order valence-electron chi connectivity index (χ0n) is 16.6. The lowest BCUT2D eigenvalue weighted by Crippen LogP contribution is -2.43. The summed E-state index contributed by atoms with van der Waals surface area (Å²) in [5.74, 6) is -0.295. The lowest BCUT2D eigenvalue weighted by atomic mass is 10.2. The van der Waals surface area contributed by atoms with Crippen LogP contribution in [0.2, 0.25) is 18.1 Å². The van der Waals surface area contributed by atoms with Gasteiger partial charge >= 0.3 is 5.97 Å². The maximum absolute atomic E-state index is 12.1. The first-order valence-corrected chi connectivity index (χ1v) is 12.1. The Morgan fingerprint density at radius 3 is 2.54 bits per heavy atom. The number of rotatable bonds is 4. The summed E-state index contributed by atoms with van der Waals surface area (Å²) in [6.07, 6.45) is 7.32. The maximum Gasteiger partial charge on any atom is 0.340 e. The van der Waals surface area contributed by atoms with Crippen molar-refractivity contribution in [2.75, 3.05) is 7.11 Å². The van der Waals surface area contributed by atoms with Crippen molar-refractivity contribution < 1.29 is 14.0 Å². The van der Waals surface area contributed by atoms with Gasteiger partial charge in [0.25, 0.3) is 0 Å². The number of fused-ring (bicyclic) bond motifs is 1. The van der Waals surface area contributed by atoms with Crippen molar-refractivity contribution in [1.82, 2.24) is 4.57 Å². The Balaban J connectivity index is 1.86. The molecule has 0 fully saturated rings. The Kier molecular flexibility index (Phi) is 4.88. The summed E-state index contributed by atoms with van der Waals surface area (Å²) in [5, 5.41) is 1.12. The highest BCUT2D eigenvalue weighted by molar-refractivity contribution is 6.74. The molecule has 140 valence electrons. The van der Waals surface area contributed by atoms with Crippen LogP contribution in [0.5, 0.6) is 0 Å². The van der Waals surface area contributed by atoms with Gasteiger partial charge in [-0.3, -0.25) is 0 Å². The summed E-state index contributed by atoms with van der Waals surface area (Å²) in [4.78, 5) is 12.1. The van der Waals surface area contributed by atoms with Crippen molar-refractivity contribution in [2.45, 2.75) is 57.5 Å². The second-order valence-corrected chi connectivity index (χ2v) is 13.3. The molecule has 0 N–H and O–H groups in total. The van der Waals surface area contributed by atoms with Crippen LogP contribution in [0.3, 0.4) is 0 Å².